The summed E-state index contributed by atoms with van der Waals surface area (Å²) in [5, 5.41) is 0. The van der Waals surface area contributed by atoms with Gasteiger partial charge < -0.3 is 14.5 Å². The number of aromatic nitrogens is 1. The van der Waals surface area contributed by atoms with Crippen LogP contribution in [0.3, 0.4) is 0 Å². The quantitative estimate of drug-likeness (QED) is 0.629. The Morgan fingerprint density at radius 3 is 1.87 bits per heavy atom. The summed E-state index contributed by atoms with van der Waals surface area (Å²) in [6.07, 6.45) is 1.73. The fourth-order valence-electron chi connectivity index (χ4n) is 5.79. The molecule has 1 aliphatic heterocycles. The number of carbonyl (C=O) groups is 1. The molecule has 1 saturated carbocycles. The van der Waals surface area contributed by atoms with Gasteiger partial charge in [0.05, 0.1) is 5.41 Å². The molecule has 6 rings (SSSR count). The van der Waals surface area contributed by atoms with Gasteiger partial charge in [0.25, 0.3) is 0 Å². The molecule has 150 valence electrons. The first-order chi connectivity index (χ1) is 14.4. The van der Waals surface area contributed by atoms with Crippen LogP contribution in [0, 0.1) is 0 Å². The first-order valence-corrected chi connectivity index (χ1v) is 10.2. The third-order valence-electron chi connectivity index (χ3n) is 7.13. The molecule has 0 N–H and O–H groups in total. The van der Waals surface area contributed by atoms with Crippen molar-refractivity contribution >= 4 is 17.3 Å². The standard InChI is InChI=1S/C25H23N3O2/c1-27(2)17-9-5-15(6-10-17)24(16-7-11-18(12-8-16)28(3)4)22-19-13-14-26-21-20(19)25(22,24)30-23(21)29/h5-14,22H,1-4H3. The van der Waals surface area contributed by atoms with Crippen LogP contribution in [0.25, 0.3) is 0 Å². The van der Waals surface area contributed by atoms with Gasteiger partial charge in [0, 0.05) is 57.2 Å². The van der Waals surface area contributed by atoms with Crippen molar-refractivity contribution in [2.24, 2.45) is 0 Å². The molecule has 2 aliphatic carbocycles. The summed E-state index contributed by atoms with van der Waals surface area (Å²) in [6, 6.07) is 19.3. The molecule has 0 radical (unpaired) electrons. The summed E-state index contributed by atoms with van der Waals surface area (Å²) in [5.41, 5.74) is 6.28. The van der Waals surface area contributed by atoms with Crippen molar-refractivity contribution in [3.63, 3.8) is 0 Å². The number of benzene rings is 2. The molecule has 0 bridgehead atoms. The monoisotopic (exact) mass is 397 g/mol. The summed E-state index contributed by atoms with van der Waals surface area (Å²) in [4.78, 5) is 21.2. The molecule has 2 heterocycles. The topological polar surface area (TPSA) is 45.7 Å². The summed E-state index contributed by atoms with van der Waals surface area (Å²) in [7, 11) is 8.15. The molecule has 3 aliphatic rings. The Balaban J connectivity index is 1.57. The molecule has 2 atom stereocenters. The van der Waals surface area contributed by atoms with Gasteiger partial charge in [-0.05, 0) is 47.0 Å². The number of pyridine rings is 1. The maximum absolute atomic E-state index is 12.7. The molecular formula is C25H23N3O2. The predicted molar refractivity (Wildman–Crippen MR) is 116 cm³/mol. The largest absolute Gasteiger partial charge is 0.447 e. The molecule has 0 amide bonds. The second-order valence-electron chi connectivity index (χ2n) is 8.87. The van der Waals surface area contributed by atoms with Crippen LogP contribution < -0.4 is 9.80 Å². The highest BCUT2D eigenvalue weighted by Gasteiger charge is 2.91. The van der Waals surface area contributed by atoms with Gasteiger partial charge in [-0.1, -0.05) is 24.3 Å². The van der Waals surface area contributed by atoms with E-state index in [1.54, 1.807) is 6.20 Å². The minimum Gasteiger partial charge on any atom is -0.447 e. The van der Waals surface area contributed by atoms with E-state index in [0.717, 1.165) is 16.9 Å². The van der Waals surface area contributed by atoms with E-state index in [1.165, 1.54) is 16.7 Å². The molecule has 30 heavy (non-hydrogen) atoms. The van der Waals surface area contributed by atoms with Crippen LogP contribution in [0.5, 0.6) is 0 Å². The summed E-state index contributed by atoms with van der Waals surface area (Å²) >= 11 is 0. The lowest BCUT2D eigenvalue weighted by Gasteiger charge is -2.25. The van der Waals surface area contributed by atoms with E-state index < -0.39 is 11.0 Å². The number of ether oxygens (including phenoxy) is 1. The zero-order valence-electron chi connectivity index (χ0n) is 17.5. The summed E-state index contributed by atoms with van der Waals surface area (Å²) < 4.78 is 6.13. The number of carbonyl (C=O) groups excluding carboxylic acids is 1. The van der Waals surface area contributed by atoms with Crippen LogP contribution in [0.4, 0.5) is 11.4 Å². The van der Waals surface area contributed by atoms with E-state index in [0.29, 0.717) is 5.69 Å². The molecule has 1 aromatic heterocycles. The lowest BCUT2D eigenvalue weighted by Crippen LogP contribution is -2.25. The van der Waals surface area contributed by atoms with Crippen LogP contribution in [-0.2, 0) is 15.8 Å². The number of fused-ring (bicyclic) bond motifs is 1. The van der Waals surface area contributed by atoms with Gasteiger partial charge in [-0.15, -0.1) is 0 Å². The zero-order valence-corrected chi connectivity index (χ0v) is 17.5. The van der Waals surface area contributed by atoms with E-state index in [9.17, 15) is 4.79 Å². The molecule has 1 fully saturated rings. The maximum atomic E-state index is 12.7. The first kappa shape index (κ1) is 17.5. The first-order valence-electron chi connectivity index (χ1n) is 10.2. The van der Waals surface area contributed by atoms with E-state index in [1.807, 2.05) is 34.3 Å². The van der Waals surface area contributed by atoms with Gasteiger partial charge in [-0.25, -0.2) is 9.78 Å². The predicted octanol–water partition coefficient (Wildman–Crippen LogP) is 3.68. The Hall–Kier alpha value is -3.34. The Labute approximate surface area is 175 Å². The van der Waals surface area contributed by atoms with Crippen LogP contribution in [0.1, 0.15) is 38.7 Å². The Bertz CT molecular complexity index is 1150. The van der Waals surface area contributed by atoms with Gasteiger partial charge in [0.15, 0.2) is 11.3 Å². The van der Waals surface area contributed by atoms with E-state index in [-0.39, 0.29) is 11.9 Å². The minimum atomic E-state index is -0.623. The van der Waals surface area contributed by atoms with Crippen LogP contribution >= 0.6 is 0 Å². The molecule has 1 spiro atoms. The highest BCUT2D eigenvalue weighted by Crippen LogP contribution is 2.87. The number of hydrogen-bond donors (Lipinski definition) is 0. The second kappa shape index (κ2) is 5.42. The van der Waals surface area contributed by atoms with E-state index in [2.05, 4.69) is 63.3 Å². The lowest BCUT2D eigenvalue weighted by molar-refractivity contribution is 0.0211. The Kier molecular flexibility index (Phi) is 3.16. The number of nitrogens with zero attached hydrogens (tertiary/aromatic N) is 3. The Morgan fingerprint density at radius 1 is 0.833 bits per heavy atom. The van der Waals surface area contributed by atoms with Crippen molar-refractivity contribution in [3.8, 4) is 0 Å². The molecule has 3 aromatic rings. The number of anilines is 2. The smallest absolute Gasteiger partial charge is 0.358 e. The highest BCUT2D eigenvalue weighted by atomic mass is 16.6. The van der Waals surface area contributed by atoms with Gasteiger partial charge in [0.2, 0.25) is 0 Å². The van der Waals surface area contributed by atoms with Gasteiger partial charge in [0.1, 0.15) is 0 Å². The SMILES string of the molecule is CN(C)c1ccc(C2(c3ccc(N(C)C)cc3)C3c4ccnc5c4C32OC5=O)cc1. The highest BCUT2D eigenvalue weighted by molar-refractivity contribution is 5.99. The summed E-state index contributed by atoms with van der Waals surface area (Å²) in [5.74, 6) is -0.172. The molecule has 5 nitrogen and oxygen atoms in total. The summed E-state index contributed by atoms with van der Waals surface area (Å²) in [6.45, 7) is 0. The number of hydrogen-bond acceptors (Lipinski definition) is 5. The fraction of sp³-hybridized carbons (Fsp3) is 0.280. The van der Waals surface area contributed by atoms with Crippen molar-refractivity contribution in [3.05, 3.63) is 88.7 Å². The van der Waals surface area contributed by atoms with E-state index >= 15 is 0 Å². The van der Waals surface area contributed by atoms with Crippen molar-refractivity contribution in [2.45, 2.75) is 16.9 Å². The van der Waals surface area contributed by atoms with Gasteiger partial charge in [-0.3, -0.25) is 0 Å². The third-order valence-corrected chi connectivity index (χ3v) is 7.13. The molecule has 5 heteroatoms. The van der Waals surface area contributed by atoms with Crippen molar-refractivity contribution in [2.75, 3.05) is 38.0 Å². The van der Waals surface area contributed by atoms with Gasteiger partial charge in [-0.2, -0.15) is 0 Å². The van der Waals surface area contributed by atoms with Crippen LogP contribution in [0.2, 0.25) is 0 Å². The van der Waals surface area contributed by atoms with Crippen molar-refractivity contribution in [1.82, 2.24) is 4.98 Å². The normalized spacial score (nSPS) is 23.7. The zero-order chi connectivity index (χ0) is 20.8. The average molecular weight is 397 g/mol. The molecule has 2 unspecified atom stereocenters. The molecule has 0 saturated heterocycles. The maximum Gasteiger partial charge on any atom is 0.358 e. The third kappa shape index (κ3) is 1.76. The van der Waals surface area contributed by atoms with Crippen LogP contribution in [0.15, 0.2) is 60.8 Å². The fourth-order valence-corrected chi connectivity index (χ4v) is 5.79. The second-order valence-corrected chi connectivity index (χ2v) is 8.87. The average Bonchev–Trinajstić information content (AvgIpc) is 3.13. The Morgan fingerprint density at radius 2 is 1.37 bits per heavy atom. The van der Waals surface area contributed by atoms with Gasteiger partial charge >= 0.3 is 5.97 Å². The number of rotatable bonds is 4. The molecule has 2 aromatic carbocycles. The lowest BCUT2D eigenvalue weighted by atomic mass is 9.83. The number of esters is 1. The van der Waals surface area contributed by atoms with Crippen molar-refractivity contribution < 1.29 is 9.53 Å². The van der Waals surface area contributed by atoms with Crippen LogP contribution in [-0.4, -0.2) is 39.1 Å². The molecular weight excluding hydrogens is 374 g/mol. The van der Waals surface area contributed by atoms with E-state index in [4.69, 9.17) is 4.74 Å². The minimum absolute atomic E-state index is 0.128. The van der Waals surface area contributed by atoms with Crippen molar-refractivity contribution in [1.29, 1.82) is 0 Å².